The summed E-state index contributed by atoms with van der Waals surface area (Å²) >= 11 is 0. The van der Waals surface area contributed by atoms with Gasteiger partial charge in [0.2, 0.25) is 15.8 Å². The lowest BCUT2D eigenvalue weighted by molar-refractivity contribution is -0.139. The summed E-state index contributed by atoms with van der Waals surface area (Å²) in [7, 11) is -4.79. The number of aromatic amines is 1. The maximum atomic E-state index is 13.7. The van der Waals surface area contributed by atoms with Crippen molar-refractivity contribution < 1.29 is 21.6 Å². The smallest absolute Gasteiger partial charge is 0.316 e. The number of hydrogen-bond donors (Lipinski definition) is 3. The van der Waals surface area contributed by atoms with Crippen molar-refractivity contribution in [3.8, 4) is 22.5 Å². The molecule has 9 nitrogen and oxygen atoms in total. The van der Waals surface area contributed by atoms with Crippen molar-refractivity contribution in [1.82, 2.24) is 30.8 Å². The zero-order valence-corrected chi connectivity index (χ0v) is 20.8. The van der Waals surface area contributed by atoms with E-state index in [2.05, 4.69) is 30.8 Å². The maximum Gasteiger partial charge on any atom is 0.417 e. The monoisotopic (exact) mass is 535 g/mol. The number of aromatic nitrogens is 4. The molecule has 3 heterocycles. The van der Waals surface area contributed by atoms with Crippen LogP contribution >= 0.6 is 0 Å². The van der Waals surface area contributed by atoms with Gasteiger partial charge in [0.25, 0.3) is 0 Å². The second-order valence-corrected chi connectivity index (χ2v) is 11.2. The molecule has 198 valence electrons. The molecule has 1 aromatic heterocycles. The zero-order valence-electron chi connectivity index (χ0n) is 20.0. The molecule has 2 saturated heterocycles. The van der Waals surface area contributed by atoms with Crippen LogP contribution in [-0.4, -0.2) is 66.7 Å². The standard InChI is InChI=1S/C24H28F3N7O2S/c25-24(26,27)20-6-5-19(21(22(20)37(28,35)36)23-30-32-33-31-23)18-3-1-16(2-4-18)17-8-11-34(12-9-17)14-15-7-10-29-13-15/h1-6,15,17,29H,7-14H2,(H2,28,35,36)(H,30,31,32,33). The van der Waals surface area contributed by atoms with Crippen molar-refractivity contribution in [3.05, 3.63) is 47.5 Å². The molecule has 0 bridgehead atoms. The maximum absolute atomic E-state index is 13.7. The van der Waals surface area contributed by atoms with Crippen LogP contribution in [0.3, 0.4) is 0 Å². The number of primary sulfonamides is 1. The van der Waals surface area contributed by atoms with Crippen LogP contribution in [0.15, 0.2) is 41.3 Å². The summed E-state index contributed by atoms with van der Waals surface area (Å²) < 4.78 is 66.0. The Morgan fingerprint density at radius 3 is 2.35 bits per heavy atom. The molecular formula is C24H28F3N7O2S. The summed E-state index contributed by atoms with van der Waals surface area (Å²) in [6.45, 7) is 5.37. The van der Waals surface area contributed by atoms with Gasteiger partial charge in [-0.2, -0.15) is 18.4 Å². The number of sulfonamides is 1. The van der Waals surface area contributed by atoms with E-state index in [1.165, 1.54) is 12.5 Å². The predicted octanol–water partition coefficient (Wildman–Crippen LogP) is 2.99. The highest BCUT2D eigenvalue weighted by Crippen LogP contribution is 2.43. The Labute approximate surface area is 212 Å². The van der Waals surface area contributed by atoms with E-state index in [0.717, 1.165) is 63.1 Å². The second-order valence-electron chi connectivity index (χ2n) is 9.70. The lowest BCUT2D eigenvalue weighted by atomic mass is 9.87. The lowest BCUT2D eigenvalue weighted by Crippen LogP contribution is -2.37. The van der Waals surface area contributed by atoms with E-state index in [-0.39, 0.29) is 17.0 Å². The van der Waals surface area contributed by atoms with Crippen LogP contribution in [0.2, 0.25) is 0 Å². The van der Waals surface area contributed by atoms with Crippen LogP contribution in [0.4, 0.5) is 13.2 Å². The number of nitrogens with two attached hydrogens (primary N) is 1. The molecule has 5 rings (SSSR count). The SMILES string of the molecule is NS(=O)(=O)c1c(C(F)(F)F)ccc(-c2ccc(C3CCN(CC4CCNC4)CC3)cc2)c1-c1nn[nH]n1. The average molecular weight is 536 g/mol. The molecule has 0 spiro atoms. The fourth-order valence-electron chi connectivity index (χ4n) is 5.45. The molecular weight excluding hydrogens is 507 g/mol. The number of nitrogens with one attached hydrogen (secondary N) is 2. The number of likely N-dealkylation sites (tertiary alicyclic amines) is 1. The van der Waals surface area contributed by atoms with Crippen molar-refractivity contribution in [1.29, 1.82) is 0 Å². The van der Waals surface area contributed by atoms with Gasteiger partial charge in [0.05, 0.1) is 11.1 Å². The Bertz CT molecular complexity index is 1330. The summed E-state index contributed by atoms with van der Waals surface area (Å²) in [5.41, 5.74) is 0.160. The lowest BCUT2D eigenvalue weighted by Gasteiger charge is -2.33. The van der Waals surface area contributed by atoms with E-state index in [1.807, 2.05) is 12.1 Å². The van der Waals surface area contributed by atoms with E-state index in [9.17, 15) is 21.6 Å². The van der Waals surface area contributed by atoms with E-state index in [4.69, 9.17) is 5.14 Å². The van der Waals surface area contributed by atoms with Crippen LogP contribution < -0.4 is 10.5 Å². The van der Waals surface area contributed by atoms with Crippen molar-refractivity contribution in [2.45, 2.75) is 36.3 Å². The van der Waals surface area contributed by atoms with Crippen LogP contribution in [0.1, 0.15) is 36.3 Å². The molecule has 0 amide bonds. The molecule has 2 fully saturated rings. The van der Waals surface area contributed by atoms with Gasteiger partial charge >= 0.3 is 6.18 Å². The first-order valence-corrected chi connectivity index (χ1v) is 13.7. The summed E-state index contributed by atoms with van der Waals surface area (Å²) in [4.78, 5) is 1.45. The first-order valence-electron chi connectivity index (χ1n) is 12.2. The Morgan fingerprint density at radius 1 is 1.05 bits per heavy atom. The quantitative estimate of drug-likeness (QED) is 0.442. The summed E-state index contributed by atoms with van der Waals surface area (Å²) in [5.74, 6) is 0.811. The Hall–Kier alpha value is -2.87. The first kappa shape index (κ1) is 25.8. The molecule has 0 aliphatic carbocycles. The third-order valence-electron chi connectivity index (χ3n) is 7.28. The highest BCUT2D eigenvalue weighted by Gasteiger charge is 2.40. The average Bonchev–Trinajstić information content (AvgIpc) is 3.57. The second kappa shape index (κ2) is 10.1. The zero-order chi connectivity index (χ0) is 26.2. The third-order valence-corrected chi connectivity index (χ3v) is 8.27. The largest absolute Gasteiger partial charge is 0.417 e. The van der Waals surface area contributed by atoms with Gasteiger partial charge in [-0.3, -0.25) is 0 Å². The van der Waals surface area contributed by atoms with E-state index >= 15 is 0 Å². The van der Waals surface area contributed by atoms with Gasteiger partial charge in [0, 0.05) is 6.54 Å². The Kier molecular flexibility index (Phi) is 7.05. The topological polar surface area (TPSA) is 130 Å². The number of hydrogen-bond acceptors (Lipinski definition) is 7. The van der Waals surface area contributed by atoms with Gasteiger partial charge in [0.1, 0.15) is 4.90 Å². The van der Waals surface area contributed by atoms with E-state index < -0.39 is 26.7 Å². The number of H-pyrrole nitrogens is 1. The minimum Gasteiger partial charge on any atom is -0.316 e. The van der Waals surface area contributed by atoms with Crippen molar-refractivity contribution in [2.75, 3.05) is 32.7 Å². The van der Waals surface area contributed by atoms with Crippen molar-refractivity contribution >= 4 is 10.0 Å². The summed E-state index contributed by atoms with van der Waals surface area (Å²) in [6, 6.07) is 9.41. The summed E-state index contributed by atoms with van der Waals surface area (Å²) in [6.07, 6.45) is -1.66. The molecule has 1 unspecified atom stereocenters. The minimum absolute atomic E-state index is 0.213. The normalized spacial score (nSPS) is 19.9. The van der Waals surface area contributed by atoms with E-state index in [0.29, 0.717) is 11.5 Å². The molecule has 4 N–H and O–H groups in total. The number of rotatable bonds is 6. The molecule has 37 heavy (non-hydrogen) atoms. The number of nitrogens with zero attached hydrogens (tertiary/aromatic N) is 4. The molecule has 0 saturated carbocycles. The number of piperidine rings is 1. The van der Waals surface area contributed by atoms with Gasteiger partial charge in [0.15, 0.2) is 0 Å². The van der Waals surface area contributed by atoms with Crippen LogP contribution in [0.5, 0.6) is 0 Å². The molecule has 3 aromatic rings. The molecule has 0 radical (unpaired) electrons. The molecule has 2 aliphatic rings. The first-order chi connectivity index (χ1) is 17.6. The highest BCUT2D eigenvalue weighted by atomic mass is 32.2. The fraction of sp³-hybridized carbons (Fsp3) is 0.458. The molecule has 13 heteroatoms. The number of benzene rings is 2. The Balaban J connectivity index is 1.44. The van der Waals surface area contributed by atoms with Crippen LogP contribution in [0, 0.1) is 5.92 Å². The number of tetrazole rings is 1. The number of halogens is 3. The van der Waals surface area contributed by atoms with Crippen molar-refractivity contribution in [3.63, 3.8) is 0 Å². The van der Waals surface area contributed by atoms with Gasteiger partial charge < -0.3 is 10.2 Å². The highest BCUT2D eigenvalue weighted by molar-refractivity contribution is 7.89. The van der Waals surface area contributed by atoms with E-state index in [1.54, 1.807) is 12.1 Å². The summed E-state index contributed by atoms with van der Waals surface area (Å²) in [5, 5.41) is 21.8. The third kappa shape index (κ3) is 5.54. The van der Waals surface area contributed by atoms with Gasteiger partial charge in [-0.1, -0.05) is 30.3 Å². The van der Waals surface area contributed by atoms with Crippen molar-refractivity contribution in [2.24, 2.45) is 11.1 Å². The van der Waals surface area contributed by atoms with Gasteiger partial charge in [-0.15, -0.1) is 10.2 Å². The fourth-order valence-corrected chi connectivity index (χ4v) is 6.43. The van der Waals surface area contributed by atoms with Gasteiger partial charge in [-0.25, -0.2) is 13.6 Å². The molecule has 1 atom stereocenters. The van der Waals surface area contributed by atoms with Gasteiger partial charge in [-0.05, 0) is 85.2 Å². The Morgan fingerprint density at radius 2 is 1.78 bits per heavy atom. The molecule has 2 aliphatic heterocycles. The van der Waals surface area contributed by atoms with Crippen LogP contribution in [0.25, 0.3) is 22.5 Å². The van der Waals surface area contributed by atoms with Crippen LogP contribution in [-0.2, 0) is 16.2 Å². The minimum atomic E-state index is -4.95. The molecule has 2 aromatic carbocycles. The predicted molar refractivity (Wildman–Crippen MR) is 131 cm³/mol. The number of alkyl halides is 3.